The lowest BCUT2D eigenvalue weighted by Gasteiger charge is -2.73. The largest absolute Gasteiger partial charge is 0.481 e. The van der Waals surface area contributed by atoms with Crippen molar-refractivity contribution >= 4 is 5.97 Å². The Morgan fingerprint density at radius 1 is 0.697 bits per heavy atom. The average Bonchev–Trinajstić information content (AvgIpc) is 2.71. The Hall–Kier alpha value is -0.570. The molecular formula is C30H50O3. The molecule has 2 N–H and O–H groups in total. The summed E-state index contributed by atoms with van der Waals surface area (Å²) < 4.78 is 0. The van der Waals surface area contributed by atoms with Gasteiger partial charge in [0.15, 0.2) is 0 Å². The molecule has 33 heavy (non-hydrogen) atoms. The number of carboxylic acids is 1. The van der Waals surface area contributed by atoms with E-state index in [1.165, 1.54) is 25.7 Å². The fourth-order valence-corrected chi connectivity index (χ4v) is 11.4. The fourth-order valence-electron chi connectivity index (χ4n) is 11.4. The molecule has 0 aromatic heterocycles. The van der Waals surface area contributed by atoms with Crippen molar-refractivity contribution in [3.63, 3.8) is 0 Å². The smallest absolute Gasteiger partial charge is 0.309 e. The molecule has 188 valence electrons. The van der Waals surface area contributed by atoms with Crippen molar-refractivity contribution in [2.24, 2.45) is 56.2 Å². The molecule has 0 spiro atoms. The standard InChI is InChI=1S/C30H50O3/c1-25(2)14-16-30(24(32)33)17-15-28(6)19(20(30)18-25)8-9-22-27(5)12-11-23(31)26(3,4)21(27)10-13-29(22,28)7/h19-23,31H,8-18H2,1-7H3,(H,32,33)/t19-,20-,21+,22-,23+,27-,28-,29-,30-/m0/s1. The molecule has 3 nitrogen and oxygen atoms in total. The highest BCUT2D eigenvalue weighted by atomic mass is 16.4. The molecule has 3 heteroatoms. The number of aliphatic hydroxyl groups is 1. The van der Waals surface area contributed by atoms with Crippen LogP contribution in [-0.4, -0.2) is 22.3 Å². The van der Waals surface area contributed by atoms with Gasteiger partial charge < -0.3 is 10.2 Å². The lowest BCUT2D eigenvalue weighted by molar-refractivity contribution is -0.255. The number of aliphatic carboxylic acids is 1. The van der Waals surface area contributed by atoms with Crippen LogP contribution in [0.2, 0.25) is 0 Å². The normalized spacial score (nSPS) is 54.8. The van der Waals surface area contributed by atoms with Gasteiger partial charge >= 0.3 is 5.97 Å². The summed E-state index contributed by atoms with van der Waals surface area (Å²) in [6.45, 7) is 17.2. The van der Waals surface area contributed by atoms with E-state index < -0.39 is 11.4 Å². The van der Waals surface area contributed by atoms with Crippen LogP contribution in [0.5, 0.6) is 0 Å². The number of carbonyl (C=O) groups is 1. The Balaban J connectivity index is 1.54. The number of aliphatic hydroxyl groups excluding tert-OH is 1. The highest BCUT2D eigenvalue weighted by Gasteiger charge is 2.71. The second kappa shape index (κ2) is 7.01. The third-order valence-electron chi connectivity index (χ3n) is 13.6. The zero-order valence-corrected chi connectivity index (χ0v) is 22.5. The van der Waals surface area contributed by atoms with Gasteiger partial charge in [0.25, 0.3) is 0 Å². The molecule has 0 bridgehead atoms. The Labute approximate surface area is 202 Å². The summed E-state index contributed by atoms with van der Waals surface area (Å²) in [4.78, 5) is 12.8. The van der Waals surface area contributed by atoms with E-state index in [1.54, 1.807) is 0 Å². The van der Waals surface area contributed by atoms with E-state index in [0.717, 1.165) is 44.9 Å². The molecular weight excluding hydrogens is 408 g/mol. The average molecular weight is 459 g/mol. The van der Waals surface area contributed by atoms with Gasteiger partial charge in [-0.15, -0.1) is 0 Å². The van der Waals surface area contributed by atoms with Crippen molar-refractivity contribution in [1.82, 2.24) is 0 Å². The second-order valence-electron chi connectivity index (χ2n) is 15.5. The van der Waals surface area contributed by atoms with Crippen LogP contribution in [0.25, 0.3) is 0 Å². The molecule has 0 radical (unpaired) electrons. The monoisotopic (exact) mass is 458 g/mol. The van der Waals surface area contributed by atoms with E-state index in [0.29, 0.717) is 23.7 Å². The molecule has 0 unspecified atom stereocenters. The van der Waals surface area contributed by atoms with Gasteiger partial charge in [0.2, 0.25) is 0 Å². The number of hydrogen-bond acceptors (Lipinski definition) is 2. The summed E-state index contributed by atoms with van der Waals surface area (Å²) >= 11 is 0. The molecule has 5 rings (SSSR count). The van der Waals surface area contributed by atoms with Gasteiger partial charge in [-0.1, -0.05) is 48.5 Å². The molecule has 5 aliphatic rings. The van der Waals surface area contributed by atoms with Crippen LogP contribution < -0.4 is 0 Å². The third-order valence-corrected chi connectivity index (χ3v) is 13.6. The summed E-state index contributed by atoms with van der Waals surface area (Å²) in [7, 11) is 0. The minimum atomic E-state index is -0.504. The molecule has 0 aliphatic heterocycles. The predicted molar refractivity (Wildman–Crippen MR) is 133 cm³/mol. The Morgan fingerprint density at radius 3 is 2.03 bits per heavy atom. The molecule has 5 aliphatic carbocycles. The molecule has 0 heterocycles. The molecule has 0 aromatic carbocycles. The Kier molecular flexibility index (Phi) is 5.13. The van der Waals surface area contributed by atoms with Gasteiger partial charge in [0, 0.05) is 0 Å². The van der Waals surface area contributed by atoms with E-state index in [4.69, 9.17) is 0 Å². The Morgan fingerprint density at radius 2 is 1.36 bits per heavy atom. The summed E-state index contributed by atoms with van der Waals surface area (Å²) in [5.41, 5.74) is 0.544. The molecule has 0 saturated heterocycles. The maximum Gasteiger partial charge on any atom is 0.309 e. The van der Waals surface area contributed by atoms with Gasteiger partial charge in [-0.3, -0.25) is 4.79 Å². The third kappa shape index (κ3) is 2.93. The first-order valence-electron chi connectivity index (χ1n) is 14.1. The molecule has 0 amide bonds. The van der Waals surface area contributed by atoms with Gasteiger partial charge in [0.1, 0.15) is 0 Å². The SMILES string of the molecule is CC1(C)CC[C@]2(C(=O)O)CC[C@@]3(C)[C@@H](CC[C@H]4[C@@]5(C)CC[C@@H](O)C(C)(C)[C@H]5CC[C@@]43C)[C@@H]2C1. The van der Waals surface area contributed by atoms with E-state index in [-0.39, 0.29) is 33.2 Å². The van der Waals surface area contributed by atoms with Crippen molar-refractivity contribution in [1.29, 1.82) is 0 Å². The van der Waals surface area contributed by atoms with Crippen LogP contribution in [0.3, 0.4) is 0 Å². The van der Waals surface area contributed by atoms with Gasteiger partial charge in [-0.05, 0) is 121 Å². The van der Waals surface area contributed by atoms with Gasteiger partial charge in [-0.2, -0.15) is 0 Å². The maximum atomic E-state index is 12.8. The summed E-state index contributed by atoms with van der Waals surface area (Å²) in [6.07, 6.45) is 11.8. The first kappa shape index (κ1) is 24.1. The van der Waals surface area contributed by atoms with E-state index in [2.05, 4.69) is 48.5 Å². The maximum absolute atomic E-state index is 12.8. The fraction of sp³-hybridized carbons (Fsp3) is 0.967. The van der Waals surface area contributed by atoms with Crippen LogP contribution in [-0.2, 0) is 4.79 Å². The first-order chi connectivity index (χ1) is 15.1. The number of hydrogen-bond donors (Lipinski definition) is 2. The first-order valence-corrected chi connectivity index (χ1v) is 14.1. The quantitative estimate of drug-likeness (QED) is 0.433. The van der Waals surface area contributed by atoms with Gasteiger partial charge in [0.05, 0.1) is 11.5 Å². The van der Waals surface area contributed by atoms with Crippen LogP contribution in [0.4, 0.5) is 0 Å². The van der Waals surface area contributed by atoms with Crippen molar-refractivity contribution in [3.05, 3.63) is 0 Å². The lowest BCUT2D eigenvalue weighted by atomic mass is 9.31. The molecule has 5 saturated carbocycles. The van der Waals surface area contributed by atoms with E-state index in [9.17, 15) is 15.0 Å². The Bertz CT molecular complexity index is 830. The minimum absolute atomic E-state index is 0.00942. The van der Waals surface area contributed by atoms with E-state index >= 15 is 0 Å². The zero-order chi connectivity index (χ0) is 24.2. The van der Waals surface area contributed by atoms with Crippen molar-refractivity contribution in [2.75, 3.05) is 0 Å². The summed E-state index contributed by atoms with van der Waals surface area (Å²) in [5.74, 6) is 1.62. The predicted octanol–water partition coefficient (Wildman–Crippen LogP) is 7.31. The second-order valence-corrected chi connectivity index (χ2v) is 15.5. The summed E-state index contributed by atoms with van der Waals surface area (Å²) in [6, 6.07) is 0. The number of rotatable bonds is 1. The zero-order valence-electron chi connectivity index (χ0n) is 22.5. The van der Waals surface area contributed by atoms with Crippen molar-refractivity contribution < 1.29 is 15.0 Å². The van der Waals surface area contributed by atoms with E-state index in [1.807, 2.05) is 0 Å². The van der Waals surface area contributed by atoms with Crippen LogP contribution >= 0.6 is 0 Å². The molecule has 0 aromatic rings. The number of fused-ring (bicyclic) bond motifs is 7. The molecule has 9 atom stereocenters. The highest BCUT2D eigenvalue weighted by Crippen LogP contribution is 2.77. The topological polar surface area (TPSA) is 57.5 Å². The van der Waals surface area contributed by atoms with Gasteiger partial charge in [-0.25, -0.2) is 0 Å². The van der Waals surface area contributed by atoms with Crippen molar-refractivity contribution in [3.8, 4) is 0 Å². The highest BCUT2D eigenvalue weighted by molar-refractivity contribution is 5.75. The minimum Gasteiger partial charge on any atom is -0.481 e. The van der Waals surface area contributed by atoms with Crippen molar-refractivity contribution in [2.45, 2.75) is 125 Å². The van der Waals surface area contributed by atoms with Crippen LogP contribution in [0.1, 0.15) is 119 Å². The van der Waals surface area contributed by atoms with Crippen LogP contribution in [0.15, 0.2) is 0 Å². The number of carboxylic acid groups (broad SMARTS) is 1. The van der Waals surface area contributed by atoms with Crippen LogP contribution in [0, 0.1) is 56.2 Å². The summed E-state index contributed by atoms with van der Waals surface area (Å²) in [5, 5.41) is 21.4. The lowest BCUT2D eigenvalue weighted by Crippen LogP contribution is -2.67. The molecule has 5 fully saturated rings.